The molecule has 1 N–H and O–H groups in total. The molecule has 1 saturated carbocycles. The first-order valence-electron chi connectivity index (χ1n) is 16.1. The summed E-state index contributed by atoms with van der Waals surface area (Å²) >= 11 is 7.88. The van der Waals surface area contributed by atoms with E-state index in [1.165, 1.54) is 29.4 Å². The van der Waals surface area contributed by atoms with Gasteiger partial charge >= 0.3 is 5.97 Å². The molecule has 2 aliphatic heterocycles. The second-order valence-electron chi connectivity index (χ2n) is 12.1. The third-order valence-corrected chi connectivity index (χ3v) is 11.8. The van der Waals surface area contributed by atoms with Crippen molar-refractivity contribution in [1.29, 1.82) is 0 Å². The number of unbranched alkanes of at least 4 members (excludes halogenated alkanes) is 5. The predicted molar refractivity (Wildman–Crippen MR) is 190 cm³/mol. The van der Waals surface area contributed by atoms with Crippen molar-refractivity contribution in [2.75, 3.05) is 18.6 Å². The van der Waals surface area contributed by atoms with Gasteiger partial charge in [0.2, 0.25) is 0 Å². The summed E-state index contributed by atoms with van der Waals surface area (Å²) in [7, 11) is 1.70. The van der Waals surface area contributed by atoms with Crippen LogP contribution in [0.3, 0.4) is 0 Å². The van der Waals surface area contributed by atoms with Crippen LogP contribution in [0.1, 0.15) is 81.8 Å². The maximum atomic E-state index is 13.7. The summed E-state index contributed by atoms with van der Waals surface area (Å²) in [5.41, 5.74) is 3.90. The molecule has 2 unspecified atom stereocenters. The molecule has 6 rings (SSSR count). The van der Waals surface area contributed by atoms with E-state index in [0.29, 0.717) is 36.9 Å². The molecule has 1 aromatic heterocycles. The number of hydrogen-bond donors (Lipinski definition) is 1. The molecule has 46 heavy (non-hydrogen) atoms. The van der Waals surface area contributed by atoms with Crippen molar-refractivity contribution in [2.24, 2.45) is 0 Å². The molecule has 242 valence electrons. The van der Waals surface area contributed by atoms with Crippen LogP contribution in [0.15, 0.2) is 47.3 Å². The molecule has 2 aromatic carbocycles. The van der Waals surface area contributed by atoms with Crippen LogP contribution in [-0.4, -0.2) is 50.5 Å². The van der Waals surface area contributed by atoms with Crippen LogP contribution in [0.2, 0.25) is 0 Å². The first-order chi connectivity index (χ1) is 22.3. The number of fused-ring (bicyclic) bond motifs is 3. The Morgan fingerprint density at radius 1 is 1.07 bits per heavy atom. The highest BCUT2D eigenvalue weighted by Crippen LogP contribution is 2.54. The molecule has 2 fully saturated rings. The molecule has 0 spiro atoms. The smallest absolute Gasteiger partial charge is 0.323 e. The average molecular weight is 678 g/mol. The molecule has 11 heteroatoms. The van der Waals surface area contributed by atoms with Gasteiger partial charge in [0.05, 0.1) is 17.3 Å². The fourth-order valence-electron chi connectivity index (χ4n) is 7.00. The number of aromatic nitrogens is 1. The van der Waals surface area contributed by atoms with Gasteiger partial charge in [0, 0.05) is 24.2 Å². The number of carbonyl (C=O) groups is 2. The largest absolute Gasteiger partial charge is 0.495 e. The lowest BCUT2D eigenvalue weighted by molar-refractivity contribution is -0.137. The SMILES string of the molecule is CCCCCCCCN1C(=O)/C(=c2\s/c(=C\c3ccc4c(c3)C3CCCC3N4c3ccccc3OC)c(=O)n2CC(=O)O)SC1=S. The van der Waals surface area contributed by atoms with E-state index in [9.17, 15) is 19.5 Å². The number of benzene rings is 2. The van der Waals surface area contributed by atoms with E-state index in [1.807, 2.05) is 30.3 Å². The van der Waals surface area contributed by atoms with E-state index in [4.69, 9.17) is 17.0 Å². The predicted octanol–water partition coefficient (Wildman–Crippen LogP) is 5.95. The van der Waals surface area contributed by atoms with Crippen molar-refractivity contribution < 1.29 is 19.4 Å². The number of rotatable bonds is 12. The number of thiocarbonyl (C=S) groups is 1. The third-order valence-electron chi connectivity index (χ3n) is 9.14. The molecule has 1 aliphatic carbocycles. The summed E-state index contributed by atoms with van der Waals surface area (Å²) in [5, 5.41) is 9.67. The van der Waals surface area contributed by atoms with E-state index in [1.54, 1.807) is 12.0 Å². The van der Waals surface area contributed by atoms with Crippen molar-refractivity contribution in [3.8, 4) is 5.75 Å². The first kappa shape index (κ1) is 32.5. The molecular formula is C35H39N3O5S3. The van der Waals surface area contributed by atoms with E-state index in [-0.39, 0.29) is 5.91 Å². The standard InChI is InChI=1S/C35H39N3O5S3/c1-3-4-5-6-7-10-18-36-33(42)31(46-35(36)44)34-37(21-30(39)40)32(41)29(45-34)20-22-16-17-26-24(19-22)23-12-11-14-25(23)38(26)27-13-8-9-15-28(27)43-2/h8-9,13,15-17,19-20,23,25H,3-7,10-12,14,18,21H2,1-2H3,(H,39,40)/b29-20-,34-31+. The number of anilines is 2. The van der Waals surface area contributed by atoms with Crippen molar-refractivity contribution in [1.82, 2.24) is 9.47 Å². The zero-order valence-corrected chi connectivity index (χ0v) is 28.6. The zero-order valence-electron chi connectivity index (χ0n) is 26.2. The minimum Gasteiger partial charge on any atom is -0.495 e. The lowest BCUT2D eigenvalue weighted by atomic mass is 9.96. The van der Waals surface area contributed by atoms with Gasteiger partial charge in [0.15, 0.2) is 0 Å². The number of para-hydroxylation sites is 2. The maximum absolute atomic E-state index is 13.7. The van der Waals surface area contributed by atoms with Gasteiger partial charge in [-0.1, -0.05) is 87.6 Å². The second kappa shape index (κ2) is 14.1. The van der Waals surface area contributed by atoms with Gasteiger partial charge in [-0.25, -0.2) is 0 Å². The average Bonchev–Trinajstić information content (AvgIpc) is 3.78. The Labute approximate surface area is 282 Å². The van der Waals surface area contributed by atoms with E-state index < -0.39 is 18.1 Å². The van der Waals surface area contributed by atoms with Crippen molar-refractivity contribution in [3.63, 3.8) is 0 Å². The lowest BCUT2D eigenvalue weighted by Crippen LogP contribution is -2.35. The highest BCUT2D eigenvalue weighted by Gasteiger charge is 2.43. The van der Waals surface area contributed by atoms with Gasteiger partial charge in [0.25, 0.3) is 11.5 Å². The summed E-state index contributed by atoms with van der Waals surface area (Å²) < 4.78 is 8.11. The Kier molecular flexibility index (Phi) is 10.0. The second-order valence-corrected chi connectivity index (χ2v) is 14.8. The minimum atomic E-state index is -1.14. The van der Waals surface area contributed by atoms with Crippen molar-refractivity contribution in [3.05, 3.63) is 73.1 Å². The Bertz CT molecular complexity index is 1850. The maximum Gasteiger partial charge on any atom is 0.323 e. The van der Waals surface area contributed by atoms with Crippen LogP contribution in [-0.2, 0) is 16.1 Å². The number of amides is 1. The van der Waals surface area contributed by atoms with Gasteiger partial charge in [-0.05, 0) is 60.7 Å². The molecule has 3 heterocycles. The Morgan fingerprint density at radius 3 is 2.63 bits per heavy atom. The lowest BCUT2D eigenvalue weighted by Gasteiger charge is -2.28. The van der Waals surface area contributed by atoms with Gasteiger partial charge < -0.3 is 14.7 Å². The van der Waals surface area contributed by atoms with Crippen LogP contribution in [0.25, 0.3) is 11.0 Å². The molecule has 0 radical (unpaired) electrons. The number of aliphatic carboxylic acids is 1. The van der Waals surface area contributed by atoms with Crippen molar-refractivity contribution in [2.45, 2.75) is 83.2 Å². The number of ether oxygens (including phenoxy) is 1. The highest BCUT2D eigenvalue weighted by atomic mass is 32.2. The summed E-state index contributed by atoms with van der Waals surface area (Å²) in [5.74, 6) is -0.186. The molecule has 2 atom stereocenters. The Morgan fingerprint density at radius 2 is 1.85 bits per heavy atom. The normalized spacial score (nSPS) is 20.5. The topological polar surface area (TPSA) is 92.1 Å². The van der Waals surface area contributed by atoms with E-state index >= 15 is 0 Å². The zero-order chi connectivity index (χ0) is 32.4. The molecule has 3 aromatic rings. The minimum absolute atomic E-state index is 0.253. The Hall–Kier alpha value is -3.41. The molecule has 1 saturated heterocycles. The number of methoxy groups -OCH3 is 1. The van der Waals surface area contributed by atoms with Gasteiger partial charge in [0.1, 0.15) is 26.2 Å². The number of nitrogens with zero attached hydrogens (tertiary/aromatic N) is 3. The number of carbonyl (C=O) groups excluding carboxylic acids is 1. The molecule has 8 nitrogen and oxygen atoms in total. The summed E-state index contributed by atoms with van der Waals surface area (Å²) in [6, 6.07) is 14.7. The number of carboxylic acids is 1. The van der Waals surface area contributed by atoms with Crippen LogP contribution in [0, 0.1) is 0 Å². The number of carboxylic acid groups (broad SMARTS) is 1. The van der Waals surface area contributed by atoms with E-state index in [2.05, 4.69) is 30.0 Å². The fraction of sp³-hybridized carbons (Fsp3) is 0.429. The van der Waals surface area contributed by atoms with Crippen LogP contribution in [0.4, 0.5) is 11.4 Å². The Balaban J connectivity index is 1.35. The van der Waals surface area contributed by atoms with Gasteiger partial charge in [-0.15, -0.1) is 11.3 Å². The third kappa shape index (κ3) is 6.29. The summed E-state index contributed by atoms with van der Waals surface area (Å²) in [6.45, 7) is 2.18. The monoisotopic (exact) mass is 677 g/mol. The summed E-state index contributed by atoms with van der Waals surface area (Å²) in [4.78, 5) is 43.3. The van der Waals surface area contributed by atoms with Crippen LogP contribution >= 0.6 is 35.3 Å². The summed E-state index contributed by atoms with van der Waals surface area (Å²) in [6.07, 6.45) is 11.7. The first-order valence-corrected chi connectivity index (χ1v) is 18.1. The van der Waals surface area contributed by atoms with Crippen LogP contribution in [0.5, 0.6) is 5.75 Å². The van der Waals surface area contributed by atoms with Gasteiger partial charge in [-0.3, -0.25) is 23.9 Å². The van der Waals surface area contributed by atoms with Crippen molar-refractivity contribution >= 4 is 73.9 Å². The van der Waals surface area contributed by atoms with E-state index in [0.717, 1.165) is 84.3 Å². The molecule has 1 amide bonds. The number of thiazole rings is 1. The fourth-order valence-corrected chi connectivity index (χ4v) is 9.56. The molecular weight excluding hydrogens is 639 g/mol. The molecule has 3 aliphatic rings. The number of hydrogen-bond acceptors (Lipinski definition) is 8. The number of thioether (sulfide) groups is 1. The van der Waals surface area contributed by atoms with Gasteiger partial charge in [-0.2, -0.15) is 0 Å². The molecule has 0 bridgehead atoms. The van der Waals surface area contributed by atoms with Crippen LogP contribution < -0.4 is 24.4 Å². The quantitative estimate of drug-likeness (QED) is 0.186. The highest BCUT2D eigenvalue weighted by molar-refractivity contribution is 8.30.